The first-order valence-electron chi connectivity index (χ1n) is 5.31. The molecule has 2 heterocycles. The van der Waals surface area contributed by atoms with Crippen LogP contribution in [0.4, 0.5) is 10.8 Å². The lowest BCUT2D eigenvalue weighted by Gasteiger charge is -2.23. The molecule has 6 heteroatoms. The normalized spacial score (nSPS) is 24.9. The van der Waals surface area contributed by atoms with Crippen molar-refractivity contribution in [3.8, 4) is 0 Å². The van der Waals surface area contributed by atoms with Crippen LogP contribution < -0.4 is 11.1 Å². The number of nitrogen functional groups attached to an aromatic ring is 1. The summed E-state index contributed by atoms with van der Waals surface area (Å²) in [4.78, 5) is 1.09. The second kappa shape index (κ2) is 5.06. The number of nitrogens with zero attached hydrogens (tertiary/aromatic N) is 1. The molecule has 3 N–H and O–H groups in total. The summed E-state index contributed by atoms with van der Waals surface area (Å²) in [6, 6.07) is 0. The summed E-state index contributed by atoms with van der Waals surface area (Å²) in [5.74, 6) is 1.95. The average molecular weight is 275 g/mol. The molecule has 1 aromatic heterocycles. The predicted molar refractivity (Wildman–Crippen MR) is 76.9 cm³/mol. The highest BCUT2D eigenvalue weighted by Gasteiger charge is 2.29. The molecule has 0 amide bonds. The van der Waals surface area contributed by atoms with Gasteiger partial charge in [0, 0.05) is 11.3 Å². The molecular formula is C10H17N3S3. The van der Waals surface area contributed by atoms with E-state index in [9.17, 15) is 0 Å². The number of anilines is 2. The first-order valence-corrected chi connectivity index (χ1v) is 8.30. The van der Waals surface area contributed by atoms with E-state index in [1.54, 1.807) is 11.8 Å². The first kappa shape index (κ1) is 12.4. The van der Waals surface area contributed by atoms with Gasteiger partial charge in [-0.2, -0.15) is 16.1 Å². The minimum atomic E-state index is 0.383. The number of nitrogens with one attached hydrogen (secondary N) is 1. The highest BCUT2D eigenvalue weighted by Crippen LogP contribution is 2.40. The van der Waals surface area contributed by atoms with E-state index >= 15 is 0 Å². The van der Waals surface area contributed by atoms with E-state index in [1.807, 2.05) is 6.26 Å². The molecule has 1 saturated heterocycles. The van der Waals surface area contributed by atoms with Crippen LogP contribution >= 0.6 is 35.1 Å². The van der Waals surface area contributed by atoms with E-state index in [2.05, 4.69) is 28.4 Å². The maximum atomic E-state index is 5.80. The van der Waals surface area contributed by atoms with Crippen molar-refractivity contribution >= 4 is 45.9 Å². The van der Waals surface area contributed by atoms with E-state index in [0.717, 1.165) is 16.4 Å². The van der Waals surface area contributed by atoms with Crippen molar-refractivity contribution in [2.45, 2.75) is 29.4 Å². The van der Waals surface area contributed by atoms with Gasteiger partial charge in [0.15, 0.2) is 5.82 Å². The number of thioether (sulfide) groups is 2. The molecular weight excluding hydrogens is 258 g/mol. The molecule has 1 unspecified atom stereocenters. The van der Waals surface area contributed by atoms with Gasteiger partial charge in [-0.05, 0) is 43.3 Å². The number of hydrogen-bond donors (Lipinski definition) is 2. The summed E-state index contributed by atoms with van der Waals surface area (Å²) in [5, 5.41) is 4.63. The maximum absolute atomic E-state index is 5.80. The Morgan fingerprint density at radius 1 is 1.62 bits per heavy atom. The summed E-state index contributed by atoms with van der Waals surface area (Å²) in [6.07, 6.45) is 4.67. The molecule has 0 saturated carbocycles. The standard InChI is InChI=1S/C10H17N3S3/c1-10(4-3-5-15-10)6-12-9-7(14-2)8(11)13-16-9/h12H,3-6H2,1-2H3,(H2,11,13). The number of hydrogen-bond acceptors (Lipinski definition) is 6. The fourth-order valence-electron chi connectivity index (χ4n) is 1.85. The molecule has 3 nitrogen and oxygen atoms in total. The minimum Gasteiger partial charge on any atom is -0.382 e. The third-order valence-corrected chi connectivity index (χ3v) is 6.11. The van der Waals surface area contributed by atoms with Gasteiger partial charge in [-0.15, -0.1) is 11.8 Å². The second-order valence-electron chi connectivity index (χ2n) is 4.19. The lowest BCUT2D eigenvalue weighted by molar-refractivity contribution is 0.635. The SMILES string of the molecule is CSc1c(N)nsc1NCC1(C)CCCS1. The molecule has 1 aliphatic heterocycles. The van der Waals surface area contributed by atoms with Gasteiger partial charge in [0.25, 0.3) is 0 Å². The molecule has 1 aliphatic rings. The van der Waals surface area contributed by atoms with Crippen LogP contribution in [0, 0.1) is 0 Å². The minimum absolute atomic E-state index is 0.383. The fourth-order valence-corrected chi connectivity index (χ4v) is 4.63. The van der Waals surface area contributed by atoms with Crippen molar-refractivity contribution in [3.63, 3.8) is 0 Å². The molecule has 1 aromatic rings. The molecule has 90 valence electrons. The largest absolute Gasteiger partial charge is 0.382 e. The predicted octanol–water partition coefficient (Wildman–Crippen LogP) is 3.14. The Balaban J connectivity index is 1.98. The summed E-state index contributed by atoms with van der Waals surface area (Å²) in [7, 11) is 0. The lowest BCUT2D eigenvalue weighted by atomic mass is 10.1. The zero-order valence-electron chi connectivity index (χ0n) is 9.58. The summed E-state index contributed by atoms with van der Waals surface area (Å²) >= 11 is 5.20. The van der Waals surface area contributed by atoms with Crippen molar-refractivity contribution in [3.05, 3.63) is 0 Å². The van der Waals surface area contributed by atoms with Crippen LogP contribution in [0.25, 0.3) is 0 Å². The molecule has 0 bridgehead atoms. The number of nitrogens with two attached hydrogens (primary N) is 1. The monoisotopic (exact) mass is 275 g/mol. The van der Waals surface area contributed by atoms with E-state index in [4.69, 9.17) is 5.73 Å². The van der Waals surface area contributed by atoms with E-state index in [-0.39, 0.29) is 0 Å². The third kappa shape index (κ3) is 2.60. The Bertz CT molecular complexity index is 358. The molecule has 0 radical (unpaired) electrons. The summed E-state index contributed by atoms with van der Waals surface area (Å²) < 4.78 is 4.57. The van der Waals surface area contributed by atoms with Crippen molar-refractivity contribution in [2.75, 3.05) is 29.6 Å². The van der Waals surface area contributed by atoms with Crippen molar-refractivity contribution in [1.82, 2.24) is 4.37 Å². The van der Waals surface area contributed by atoms with Crippen molar-refractivity contribution < 1.29 is 0 Å². The fraction of sp³-hybridized carbons (Fsp3) is 0.700. The lowest BCUT2D eigenvalue weighted by Crippen LogP contribution is -2.26. The Hall–Kier alpha value is -0.0700. The van der Waals surface area contributed by atoms with Gasteiger partial charge in [-0.25, -0.2) is 0 Å². The summed E-state index contributed by atoms with van der Waals surface area (Å²) in [6.45, 7) is 3.34. The number of aromatic nitrogens is 1. The molecule has 1 atom stereocenters. The number of rotatable bonds is 4. The highest BCUT2D eigenvalue weighted by atomic mass is 32.2. The Morgan fingerprint density at radius 2 is 2.44 bits per heavy atom. The van der Waals surface area contributed by atoms with E-state index in [1.165, 1.54) is 30.1 Å². The molecule has 0 aromatic carbocycles. The van der Waals surface area contributed by atoms with Crippen LogP contribution in [0.5, 0.6) is 0 Å². The first-order chi connectivity index (χ1) is 7.64. The van der Waals surface area contributed by atoms with Gasteiger partial charge in [-0.3, -0.25) is 0 Å². The van der Waals surface area contributed by atoms with Gasteiger partial charge in [0.1, 0.15) is 5.00 Å². The van der Waals surface area contributed by atoms with Gasteiger partial charge in [0.2, 0.25) is 0 Å². The zero-order valence-corrected chi connectivity index (χ0v) is 12.0. The van der Waals surface area contributed by atoms with Gasteiger partial charge >= 0.3 is 0 Å². The van der Waals surface area contributed by atoms with Crippen molar-refractivity contribution in [1.29, 1.82) is 0 Å². The van der Waals surface area contributed by atoms with Gasteiger partial charge < -0.3 is 11.1 Å². The molecule has 0 spiro atoms. The van der Waals surface area contributed by atoms with E-state index < -0.39 is 0 Å². The van der Waals surface area contributed by atoms with Gasteiger partial charge in [-0.1, -0.05) is 0 Å². The Kier molecular flexibility index (Phi) is 3.92. The topological polar surface area (TPSA) is 50.9 Å². The zero-order chi connectivity index (χ0) is 11.6. The average Bonchev–Trinajstić information content (AvgIpc) is 2.83. The van der Waals surface area contributed by atoms with Crippen LogP contribution in [0.1, 0.15) is 19.8 Å². The molecule has 0 aliphatic carbocycles. The summed E-state index contributed by atoms with van der Waals surface area (Å²) in [5.41, 5.74) is 5.80. The highest BCUT2D eigenvalue weighted by molar-refractivity contribution is 8.00. The molecule has 2 rings (SSSR count). The second-order valence-corrected chi connectivity index (χ2v) is 7.46. The Morgan fingerprint density at radius 3 is 3.06 bits per heavy atom. The van der Waals surface area contributed by atoms with Crippen LogP contribution in [0.2, 0.25) is 0 Å². The van der Waals surface area contributed by atoms with Gasteiger partial charge in [0.05, 0.1) is 4.90 Å². The molecule has 1 fully saturated rings. The Labute approximate surface area is 109 Å². The van der Waals surface area contributed by atoms with Crippen LogP contribution in [0.15, 0.2) is 4.90 Å². The maximum Gasteiger partial charge on any atom is 0.153 e. The van der Waals surface area contributed by atoms with E-state index in [0.29, 0.717) is 10.6 Å². The molecule has 16 heavy (non-hydrogen) atoms. The van der Waals surface area contributed by atoms with Crippen LogP contribution in [-0.4, -0.2) is 27.7 Å². The quantitative estimate of drug-likeness (QED) is 0.827. The smallest absolute Gasteiger partial charge is 0.153 e. The van der Waals surface area contributed by atoms with Crippen LogP contribution in [0.3, 0.4) is 0 Å². The van der Waals surface area contributed by atoms with Crippen molar-refractivity contribution in [2.24, 2.45) is 0 Å². The van der Waals surface area contributed by atoms with Crippen LogP contribution in [-0.2, 0) is 0 Å². The third-order valence-electron chi connectivity index (χ3n) is 2.80.